The van der Waals surface area contributed by atoms with Crippen LogP contribution in [-0.4, -0.2) is 40.8 Å². The first-order chi connectivity index (χ1) is 15.0. The molecule has 1 saturated heterocycles. The van der Waals surface area contributed by atoms with E-state index in [1.165, 1.54) is 6.26 Å². The fourth-order valence-electron chi connectivity index (χ4n) is 3.50. The maximum atomic E-state index is 13.1. The lowest BCUT2D eigenvalue weighted by atomic mass is 10.0. The molecular formula is C23H22BrN3O4. The van der Waals surface area contributed by atoms with E-state index in [0.29, 0.717) is 43.0 Å². The van der Waals surface area contributed by atoms with E-state index in [1.54, 1.807) is 29.3 Å². The predicted molar refractivity (Wildman–Crippen MR) is 118 cm³/mol. The average molecular weight is 484 g/mol. The quantitative estimate of drug-likeness (QED) is 0.574. The number of rotatable bonds is 5. The molecule has 3 aromatic rings. The molecule has 0 radical (unpaired) electrons. The first kappa shape index (κ1) is 21.1. The predicted octanol–water partition coefficient (Wildman–Crippen LogP) is 4.57. The standard InChI is InChI=1S/C23H22BrN3O4/c1-15-10-14-30-20(15)21(28)26-17-8-12-27(13-9-17)23(29)19-3-2-11-25-22(19)31-18-6-4-16(24)5-7-18/h2-7,10-11,14,17H,8-9,12-13H2,1H3,(H,26,28). The van der Waals surface area contributed by atoms with Gasteiger partial charge in [-0.1, -0.05) is 15.9 Å². The SMILES string of the molecule is Cc1ccoc1C(=O)NC1CCN(C(=O)c2cccnc2Oc2ccc(Br)cc2)CC1. The number of halogens is 1. The van der Waals surface area contributed by atoms with Gasteiger partial charge in [-0.2, -0.15) is 0 Å². The second-order valence-corrected chi connectivity index (χ2v) is 8.30. The van der Waals surface area contributed by atoms with Crippen LogP contribution >= 0.6 is 15.9 Å². The molecule has 0 bridgehead atoms. The number of hydrogen-bond donors (Lipinski definition) is 1. The molecule has 8 heteroatoms. The smallest absolute Gasteiger partial charge is 0.287 e. The minimum atomic E-state index is -0.218. The Kier molecular flexibility index (Phi) is 6.36. The molecule has 7 nitrogen and oxygen atoms in total. The van der Waals surface area contributed by atoms with E-state index in [0.717, 1.165) is 10.0 Å². The third kappa shape index (κ3) is 4.96. The molecule has 0 aliphatic carbocycles. The van der Waals surface area contributed by atoms with E-state index < -0.39 is 0 Å². The van der Waals surface area contributed by atoms with Crippen molar-refractivity contribution in [2.75, 3.05) is 13.1 Å². The van der Waals surface area contributed by atoms with Gasteiger partial charge < -0.3 is 19.4 Å². The Morgan fingerprint density at radius 1 is 1.16 bits per heavy atom. The first-order valence-corrected chi connectivity index (χ1v) is 10.8. The number of benzene rings is 1. The van der Waals surface area contributed by atoms with Crippen molar-refractivity contribution in [3.8, 4) is 11.6 Å². The van der Waals surface area contributed by atoms with Crippen molar-refractivity contribution in [1.29, 1.82) is 0 Å². The van der Waals surface area contributed by atoms with Gasteiger partial charge in [0, 0.05) is 35.4 Å². The van der Waals surface area contributed by atoms with Gasteiger partial charge in [-0.05, 0) is 62.2 Å². The summed E-state index contributed by atoms with van der Waals surface area (Å²) in [5.74, 6) is 0.865. The highest BCUT2D eigenvalue weighted by Gasteiger charge is 2.27. The van der Waals surface area contributed by atoms with Gasteiger partial charge >= 0.3 is 0 Å². The van der Waals surface area contributed by atoms with Gasteiger partial charge in [0.1, 0.15) is 11.3 Å². The third-order valence-electron chi connectivity index (χ3n) is 5.22. The van der Waals surface area contributed by atoms with Crippen LogP contribution in [0.2, 0.25) is 0 Å². The van der Waals surface area contributed by atoms with E-state index >= 15 is 0 Å². The van der Waals surface area contributed by atoms with Crippen LogP contribution in [-0.2, 0) is 0 Å². The summed E-state index contributed by atoms with van der Waals surface area (Å²) in [5, 5.41) is 3.00. The molecule has 2 aromatic heterocycles. The molecule has 1 N–H and O–H groups in total. The van der Waals surface area contributed by atoms with Crippen LogP contribution in [0.25, 0.3) is 0 Å². The Morgan fingerprint density at radius 2 is 1.90 bits per heavy atom. The van der Waals surface area contributed by atoms with Crippen LogP contribution < -0.4 is 10.1 Å². The number of ether oxygens (including phenoxy) is 1. The number of piperidine rings is 1. The summed E-state index contributed by atoms with van der Waals surface area (Å²) in [6, 6.07) is 12.5. The highest BCUT2D eigenvalue weighted by molar-refractivity contribution is 9.10. The number of pyridine rings is 1. The number of amides is 2. The minimum absolute atomic E-state index is 0.00608. The first-order valence-electron chi connectivity index (χ1n) is 10.0. The maximum absolute atomic E-state index is 13.1. The molecule has 1 aliphatic rings. The van der Waals surface area contributed by atoms with Crippen LogP contribution in [0.15, 0.2) is 63.8 Å². The van der Waals surface area contributed by atoms with Crippen molar-refractivity contribution in [3.63, 3.8) is 0 Å². The summed E-state index contributed by atoms with van der Waals surface area (Å²) < 4.78 is 12.0. The summed E-state index contributed by atoms with van der Waals surface area (Å²) in [4.78, 5) is 31.5. The van der Waals surface area contributed by atoms with Gasteiger partial charge in [0.25, 0.3) is 11.8 Å². The number of nitrogens with zero attached hydrogens (tertiary/aromatic N) is 2. The second-order valence-electron chi connectivity index (χ2n) is 7.38. The van der Waals surface area contributed by atoms with Crippen LogP contribution in [0.5, 0.6) is 11.6 Å². The molecule has 0 spiro atoms. The molecule has 3 heterocycles. The van der Waals surface area contributed by atoms with E-state index in [4.69, 9.17) is 9.15 Å². The minimum Gasteiger partial charge on any atom is -0.459 e. The summed E-state index contributed by atoms with van der Waals surface area (Å²) >= 11 is 3.39. The Hall–Kier alpha value is -3.13. The highest BCUT2D eigenvalue weighted by Crippen LogP contribution is 2.26. The van der Waals surface area contributed by atoms with Crippen LogP contribution in [0, 0.1) is 6.92 Å². The zero-order valence-electron chi connectivity index (χ0n) is 17.0. The van der Waals surface area contributed by atoms with Crippen molar-refractivity contribution < 1.29 is 18.7 Å². The van der Waals surface area contributed by atoms with Gasteiger partial charge in [0.05, 0.1) is 6.26 Å². The van der Waals surface area contributed by atoms with Crippen molar-refractivity contribution >= 4 is 27.7 Å². The molecule has 4 rings (SSSR count). The number of aromatic nitrogens is 1. The van der Waals surface area contributed by atoms with Gasteiger partial charge in [-0.25, -0.2) is 4.98 Å². The lowest BCUT2D eigenvalue weighted by Crippen LogP contribution is -2.46. The number of furan rings is 1. The largest absolute Gasteiger partial charge is 0.459 e. The zero-order valence-corrected chi connectivity index (χ0v) is 18.6. The lowest BCUT2D eigenvalue weighted by molar-refractivity contribution is 0.0692. The lowest BCUT2D eigenvalue weighted by Gasteiger charge is -2.32. The highest BCUT2D eigenvalue weighted by atomic mass is 79.9. The van der Waals surface area contributed by atoms with Gasteiger partial charge in [0.15, 0.2) is 5.76 Å². The molecule has 0 unspecified atom stereocenters. The van der Waals surface area contributed by atoms with E-state index in [9.17, 15) is 9.59 Å². The number of carbonyl (C=O) groups excluding carboxylic acids is 2. The normalized spacial score (nSPS) is 14.3. The average Bonchev–Trinajstić information content (AvgIpc) is 3.22. The Morgan fingerprint density at radius 3 is 2.58 bits per heavy atom. The van der Waals surface area contributed by atoms with Crippen molar-refractivity contribution in [2.45, 2.75) is 25.8 Å². The van der Waals surface area contributed by atoms with E-state index in [2.05, 4.69) is 26.2 Å². The Balaban J connectivity index is 1.38. The van der Waals surface area contributed by atoms with Crippen LogP contribution in [0.1, 0.15) is 39.3 Å². The zero-order chi connectivity index (χ0) is 21.8. The molecule has 0 saturated carbocycles. The molecule has 31 heavy (non-hydrogen) atoms. The van der Waals surface area contributed by atoms with E-state index in [-0.39, 0.29) is 23.7 Å². The maximum Gasteiger partial charge on any atom is 0.287 e. The molecule has 1 aromatic carbocycles. The number of nitrogens with one attached hydrogen (secondary N) is 1. The Bertz CT molecular complexity index is 1070. The van der Waals surface area contributed by atoms with Crippen LogP contribution in [0.3, 0.4) is 0 Å². The summed E-state index contributed by atoms with van der Waals surface area (Å²) in [7, 11) is 0. The van der Waals surface area contributed by atoms with Crippen molar-refractivity contribution in [3.05, 3.63) is 76.3 Å². The van der Waals surface area contributed by atoms with Gasteiger partial charge in [0.2, 0.25) is 5.88 Å². The van der Waals surface area contributed by atoms with Crippen LogP contribution in [0.4, 0.5) is 0 Å². The number of aryl methyl sites for hydroxylation is 1. The monoisotopic (exact) mass is 483 g/mol. The number of hydrogen-bond acceptors (Lipinski definition) is 5. The topological polar surface area (TPSA) is 84.7 Å². The van der Waals surface area contributed by atoms with Gasteiger partial charge in [-0.3, -0.25) is 9.59 Å². The summed E-state index contributed by atoms with van der Waals surface area (Å²) in [5.41, 5.74) is 1.22. The second kappa shape index (κ2) is 9.34. The summed E-state index contributed by atoms with van der Waals surface area (Å²) in [6.07, 6.45) is 4.44. The van der Waals surface area contributed by atoms with Gasteiger partial charge in [-0.15, -0.1) is 0 Å². The molecule has 2 amide bonds. The van der Waals surface area contributed by atoms with E-state index in [1.807, 2.05) is 31.2 Å². The molecule has 1 aliphatic heterocycles. The molecule has 160 valence electrons. The fourth-order valence-corrected chi connectivity index (χ4v) is 3.77. The van der Waals surface area contributed by atoms with Crippen molar-refractivity contribution in [2.24, 2.45) is 0 Å². The Labute approximate surface area is 188 Å². The molecular weight excluding hydrogens is 462 g/mol. The molecule has 0 atom stereocenters. The summed E-state index contributed by atoms with van der Waals surface area (Å²) in [6.45, 7) is 2.91. The fraction of sp³-hybridized carbons (Fsp3) is 0.261. The number of likely N-dealkylation sites (tertiary alicyclic amines) is 1. The number of carbonyl (C=O) groups is 2. The van der Waals surface area contributed by atoms with Crippen molar-refractivity contribution in [1.82, 2.24) is 15.2 Å². The third-order valence-corrected chi connectivity index (χ3v) is 5.74. The molecule has 1 fully saturated rings.